The van der Waals surface area contributed by atoms with Crippen molar-refractivity contribution in [1.29, 1.82) is 0 Å². The number of urea groups is 1. The van der Waals surface area contributed by atoms with E-state index in [-0.39, 0.29) is 18.0 Å². The van der Waals surface area contributed by atoms with Crippen LogP contribution in [-0.2, 0) is 4.79 Å². The van der Waals surface area contributed by atoms with Crippen LogP contribution in [0.2, 0.25) is 0 Å². The maximum atomic E-state index is 13.1. The van der Waals surface area contributed by atoms with E-state index in [0.29, 0.717) is 24.9 Å². The first-order chi connectivity index (χ1) is 15.8. The third-order valence-corrected chi connectivity index (χ3v) is 6.26. The highest BCUT2D eigenvalue weighted by Crippen LogP contribution is 2.32. The van der Waals surface area contributed by atoms with Gasteiger partial charge in [0.1, 0.15) is 0 Å². The Kier molecular flexibility index (Phi) is 8.89. The maximum absolute atomic E-state index is 13.1. The first kappa shape index (κ1) is 24.8. The number of nitrogens with zero attached hydrogens (tertiary/aromatic N) is 1. The average molecular weight is 451 g/mol. The minimum absolute atomic E-state index is 0.00522. The zero-order valence-electron chi connectivity index (χ0n) is 20.4. The highest BCUT2D eigenvalue weighted by Gasteiger charge is 2.25. The summed E-state index contributed by atoms with van der Waals surface area (Å²) in [5.41, 5.74) is 4.06. The van der Waals surface area contributed by atoms with Crippen molar-refractivity contribution in [2.45, 2.75) is 64.8 Å². The van der Waals surface area contributed by atoms with Gasteiger partial charge in [0.2, 0.25) is 5.91 Å². The van der Waals surface area contributed by atoms with Crippen LogP contribution < -0.4 is 16.0 Å². The van der Waals surface area contributed by atoms with Crippen LogP contribution in [0.15, 0.2) is 48.5 Å². The van der Waals surface area contributed by atoms with Gasteiger partial charge >= 0.3 is 6.03 Å². The molecular weight excluding hydrogens is 412 g/mol. The number of likely N-dealkylation sites (tertiary alicyclic amines) is 1. The van der Waals surface area contributed by atoms with Gasteiger partial charge in [-0.05, 0) is 54.5 Å². The molecule has 1 atom stereocenters. The van der Waals surface area contributed by atoms with Crippen LogP contribution in [0.5, 0.6) is 0 Å². The number of amides is 3. The van der Waals surface area contributed by atoms with E-state index in [1.807, 2.05) is 30.3 Å². The zero-order valence-corrected chi connectivity index (χ0v) is 20.4. The van der Waals surface area contributed by atoms with E-state index in [9.17, 15) is 9.59 Å². The molecule has 0 radical (unpaired) electrons. The van der Waals surface area contributed by atoms with Gasteiger partial charge in [-0.2, -0.15) is 0 Å². The largest absolute Gasteiger partial charge is 0.336 e. The zero-order chi connectivity index (χ0) is 23.8. The monoisotopic (exact) mass is 450 g/mol. The molecule has 3 rings (SSSR count). The summed E-state index contributed by atoms with van der Waals surface area (Å²) in [5.74, 6) is 0.661. The van der Waals surface area contributed by atoms with Gasteiger partial charge in [-0.1, -0.05) is 70.5 Å². The van der Waals surface area contributed by atoms with Crippen molar-refractivity contribution < 1.29 is 9.59 Å². The fourth-order valence-electron chi connectivity index (χ4n) is 4.47. The molecule has 0 bridgehead atoms. The third-order valence-electron chi connectivity index (χ3n) is 6.26. The van der Waals surface area contributed by atoms with Crippen molar-refractivity contribution in [3.8, 4) is 0 Å². The molecular formula is C27H38N4O2. The van der Waals surface area contributed by atoms with Crippen LogP contribution in [0.25, 0.3) is 0 Å². The van der Waals surface area contributed by atoms with E-state index < -0.39 is 0 Å². The van der Waals surface area contributed by atoms with Crippen molar-refractivity contribution >= 4 is 23.3 Å². The smallest absolute Gasteiger partial charge is 0.319 e. The summed E-state index contributed by atoms with van der Waals surface area (Å²) < 4.78 is 0. The SMILES string of the molecule is CC(C)c1cccc(C(C)C)c1NC(=O)CN1CCCCC1CNC(=O)Nc1ccccc1. The minimum Gasteiger partial charge on any atom is -0.336 e. The lowest BCUT2D eigenvalue weighted by molar-refractivity contribution is -0.118. The van der Waals surface area contributed by atoms with Gasteiger partial charge in [0.25, 0.3) is 0 Å². The maximum Gasteiger partial charge on any atom is 0.319 e. The number of carbonyl (C=O) groups excluding carboxylic acids is 2. The Balaban J connectivity index is 1.61. The van der Waals surface area contributed by atoms with Crippen LogP contribution in [0.3, 0.4) is 0 Å². The molecule has 1 heterocycles. The Labute approximate surface area is 198 Å². The Morgan fingerprint density at radius 3 is 2.21 bits per heavy atom. The number of para-hydroxylation sites is 2. The summed E-state index contributed by atoms with van der Waals surface area (Å²) in [5, 5.41) is 9.06. The molecule has 0 spiro atoms. The van der Waals surface area contributed by atoms with E-state index in [4.69, 9.17) is 0 Å². The molecule has 0 saturated carbocycles. The molecule has 2 aromatic carbocycles. The van der Waals surface area contributed by atoms with Crippen molar-refractivity contribution in [3.05, 3.63) is 59.7 Å². The summed E-state index contributed by atoms with van der Waals surface area (Å²) in [6, 6.07) is 15.6. The van der Waals surface area contributed by atoms with Crippen molar-refractivity contribution in [2.75, 3.05) is 30.3 Å². The van der Waals surface area contributed by atoms with Gasteiger partial charge in [0, 0.05) is 24.0 Å². The number of carbonyl (C=O) groups is 2. The molecule has 178 valence electrons. The van der Waals surface area contributed by atoms with Crippen LogP contribution in [0, 0.1) is 0 Å². The lowest BCUT2D eigenvalue weighted by Crippen LogP contribution is -2.49. The average Bonchev–Trinajstić information content (AvgIpc) is 2.79. The highest BCUT2D eigenvalue weighted by molar-refractivity contribution is 5.94. The standard InChI is InChI=1S/C27H38N4O2/c1-19(2)23-14-10-15-24(20(3)4)26(23)30-25(32)18-31-16-9-8-13-22(31)17-28-27(33)29-21-11-6-5-7-12-21/h5-7,10-12,14-15,19-20,22H,8-9,13,16-18H2,1-4H3,(H,30,32)(H2,28,29,33). The van der Waals surface area contributed by atoms with Gasteiger partial charge in [-0.25, -0.2) is 4.79 Å². The molecule has 1 aliphatic heterocycles. The number of rotatable bonds is 8. The summed E-state index contributed by atoms with van der Waals surface area (Å²) in [4.78, 5) is 27.6. The van der Waals surface area contributed by atoms with Crippen LogP contribution in [0.4, 0.5) is 16.2 Å². The molecule has 1 unspecified atom stereocenters. The molecule has 0 aliphatic carbocycles. The molecule has 6 heteroatoms. The van der Waals surface area contributed by atoms with E-state index in [1.165, 1.54) is 11.1 Å². The number of hydrogen-bond acceptors (Lipinski definition) is 3. The van der Waals surface area contributed by atoms with Gasteiger partial charge in [0.15, 0.2) is 0 Å². The fraction of sp³-hybridized carbons (Fsp3) is 0.481. The second-order valence-electron chi connectivity index (χ2n) is 9.49. The van der Waals surface area contributed by atoms with Crippen molar-refractivity contribution in [3.63, 3.8) is 0 Å². The third kappa shape index (κ3) is 7.06. The number of anilines is 2. The fourth-order valence-corrected chi connectivity index (χ4v) is 4.47. The molecule has 3 N–H and O–H groups in total. The summed E-state index contributed by atoms with van der Waals surface area (Å²) in [6.07, 6.45) is 3.15. The molecule has 1 aliphatic rings. The second kappa shape index (κ2) is 11.8. The lowest BCUT2D eigenvalue weighted by Gasteiger charge is -2.35. The van der Waals surface area contributed by atoms with Crippen molar-refractivity contribution in [2.24, 2.45) is 0 Å². The Bertz CT molecular complexity index is 901. The molecule has 1 saturated heterocycles. The minimum atomic E-state index is -0.219. The summed E-state index contributed by atoms with van der Waals surface area (Å²) >= 11 is 0. The first-order valence-corrected chi connectivity index (χ1v) is 12.1. The van der Waals surface area contributed by atoms with E-state index >= 15 is 0 Å². The van der Waals surface area contributed by atoms with Crippen LogP contribution in [0.1, 0.15) is 69.9 Å². The number of nitrogens with one attached hydrogen (secondary N) is 3. The number of piperidine rings is 1. The molecule has 3 amide bonds. The van der Waals surface area contributed by atoms with E-state index in [0.717, 1.165) is 37.2 Å². The van der Waals surface area contributed by atoms with Gasteiger partial charge in [-0.15, -0.1) is 0 Å². The highest BCUT2D eigenvalue weighted by atomic mass is 16.2. The normalized spacial score (nSPS) is 16.6. The van der Waals surface area contributed by atoms with Crippen LogP contribution >= 0.6 is 0 Å². The van der Waals surface area contributed by atoms with E-state index in [1.54, 1.807) is 0 Å². The van der Waals surface area contributed by atoms with Crippen molar-refractivity contribution in [1.82, 2.24) is 10.2 Å². The number of benzene rings is 2. The summed E-state index contributed by atoms with van der Waals surface area (Å²) in [7, 11) is 0. The Morgan fingerprint density at radius 1 is 0.909 bits per heavy atom. The lowest BCUT2D eigenvalue weighted by atomic mass is 9.92. The molecule has 33 heavy (non-hydrogen) atoms. The van der Waals surface area contributed by atoms with Gasteiger partial charge in [0.05, 0.1) is 6.54 Å². The Morgan fingerprint density at radius 2 is 1.58 bits per heavy atom. The quantitative estimate of drug-likeness (QED) is 0.494. The van der Waals surface area contributed by atoms with Gasteiger partial charge < -0.3 is 16.0 Å². The predicted molar refractivity (Wildman–Crippen MR) is 136 cm³/mol. The summed E-state index contributed by atoms with van der Waals surface area (Å²) in [6.45, 7) is 10.3. The molecule has 0 aromatic heterocycles. The van der Waals surface area contributed by atoms with E-state index in [2.05, 4.69) is 66.7 Å². The molecule has 6 nitrogen and oxygen atoms in total. The Hall–Kier alpha value is -2.86. The predicted octanol–water partition coefficient (Wildman–Crippen LogP) is 5.55. The van der Waals surface area contributed by atoms with Crippen LogP contribution in [-0.4, -0.2) is 42.5 Å². The first-order valence-electron chi connectivity index (χ1n) is 12.1. The second-order valence-corrected chi connectivity index (χ2v) is 9.49. The number of hydrogen-bond donors (Lipinski definition) is 3. The van der Waals surface area contributed by atoms with Gasteiger partial charge in [-0.3, -0.25) is 9.69 Å². The topological polar surface area (TPSA) is 73.5 Å². The molecule has 2 aromatic rings. The molecule has 1 fully saturated rings.